The Hall–Kier alpha value is -0.300. The molecule has 0 aliphatic heterocycles. The van der Waals surface area contributed by atoms with Gasteiger partial charge in [-0.2, -0.15) is 0 Å². The van der Waals surface area contributed by atoms with Gasteiger partial charge in [-0.1, -0.05) is 45.8 Å². The Morgan fingerprint density at radius 3 is 2.23 bits per heavy atom. The molecule has 3 atom stereocenters. The van der Waals surface area contributed by atoms with Gasteiger partial charge in [0.25, 0.3) is 0 Å². The Balaban J connectivity index is 3.69. The first-order valence-corrected chi connectivity index (χ1v) is 5.44. The molecule has 0 heterocycles. The van der Waals surface area contributed by atoms with Crippen molar-refractivity contribution in [3.05, 3.63) is 12.2 Å². The molecule has 1 heteroatoms. The molecule has 0 spiro atoms. The largest absolute Gasteiger partial charge is 0.393 e. The van der Waals surface area contributed by atoms with E-state index in [0.29, 0.717) is 5.92 Å². The fraction of sp³-hybridized carbons (Fsp3) is 0.833. The number of aliphatic hydroxyl groups excluding tert-OH is 1. The summed E-state index contributed by atoms with van der Waals surface area (Å²) < 4.78 is 0. The second-order valence-corrected chi connectivity index (χ2v) is 4.10. The highest BCUT2D eigenvalue weighted by molar-refractivity contribution is 4.91. The van der Waals surface area contributed by atoms with Crippen LogP contribution in [0.4, 0.5) is 0 Å². The molecular weight excluding hydrogens is 160 g/mol. The first-order chi connectivity index (χ1) is 6.07. The molecule has 0 saturated carbocycles. The molecule has 0 aliphatic rings. The topological polar surface area (TPSA) is 20.2 Å². The van der Waals surface area contributed by atoms with Crippen LogP contribution in [0.3, 0.4) is 0 Å². The van der Waals surface area contributed by atoms with E-state index < -0.39 is 0 Å². The fourth-order valence-electron chi connectivity index (χ4n) is 1.15. The van der Waals surface area contributed by atoms with Gasteiger partial charge in [0.05, 0.1) is 6.10 Å². The number of rotatable bonds is 6. The monoisotopic (exact) mass is 184 g/mol. The molecule has 0 rings (SSSR count). The third kappa shape index (κ3) is 6.83. The summed E-state index contributed by atoms with van der Waals surface area (Å²) in [6, 6.07) is 0. The smallest absolute Gasteiger partial charge is 0.0572 e. The second-order valence-electron chi connectivity index (χ2n) is 4.10. The first-order valence-electron chi connectivity index (χ1n) is 5.44. The molecule has 0 saturated heterocycles. The average molecular weight is 184 g/mol. The van der Waals surface area contributed by atoms with Gasteiger partial charge in [0, 0.05) is 0 Å². The molecule has 0 unspecified atom stereocenters. The predicted molar refractivity (Wildman–Crippen MR) is 58.7 cm³/mol. The molecule has 13 heavy (non-hydrogen) atoms. The number of unbranched alkanes of at least 4 members (excludes halogenated alkanes) is 1. The molecule has 0 aromatic rings. The summed E-state index contributed by atoms with van der Waals surface area (Å²) in [5.41, 5.74) is 0. The van der Waals surface area contributed by atoms with E-state index >= 15 is 0 Å². The van der Waals surface area contributed by atoms with E-state index in [1.54, 1.807) is 0 Å². The van der Waals surface area contributed by atoms with Gasteiger partial charge in [-0.05, 0) is 25.2 Å². The predicted octanol–water partition coefficient (Wildman–Crippen LogP) is 3.39. The average Bonchev–Trinajstić information content (AvgIpc) is 2.10. The van der Waals surface area contributed by atoms with Gasteiger partial charge in [0.1, 0.15) is 0 Å². The quantitative estimate of drug-likeness (QED) is 0.627. The van der Waals surface area contributed by atoms with Crippen LogP contribution in [0.25, 0.3) is 0 Å². The molecule has 1 N–H and O–H groups in total. The van der Waals surface area contributed by atoms with E-state index in [9.17, 15) is 5.11 Å². The van der Waals surface area contributed by atoms with Crippen LogP contribution in [0.15, 0.2) is 12.2 Å². The highest BCUT2D eigenvalue weighted by Crippen LogP contribution is 2.12. The summed E-state index contributed by atoms with van der Waals surface area (Å²) in [7, 11) is 0. The highest BCUT2D eigenvalue weighted by atomic mass is 16.3. The van der Waals surface area contributed by atoms with E-state index in [1.807, 2.05) is 13.8 Å². The molecule has 0 aromatic heterocycles. The van der Waals surface area contributed by atoms with Gasteiger partial charge in [0.15, 0.2) is 0 Å². The van der Waals surface area contributed by atoms with Crippen LogP contribution in [0, 0.1) is 11.8 Å². The fourth-order valence-corrected chi connectivity index (χ4v) is 1.15. The molecule has 0 radical (unpaired) electrons. The number of aliphatic hydroxyl groups is 1. The van der Waals surface area contributed by atoms with Gasteiger partial charge in [-0.15, -0.1) is 0 Å². The molecule has 78 valence electrons. The van der Waals surface area contributed by atoms with Gasteiger partial charge in [-0.3, -0.25) is 0 Å². The normalized spacial score (nSPS) is 18.8. The minimum Gasteiger partial charge on any atom is -0.393 e. The molecular formula is C12H24O. The van der Waals surface area contributed by atoms with Crippen LogP contribution in [0.2, 0.25) is 0 Å². The van der Waals surface area contributed by atoms with Gasteiger partial charge >= 0.3 is 0 Å². The molecule has 0 aliphatic carbocycles. The van der Waals surface area contributed by atoms with Crippen LogP contribution in [-0.4, -0.2) is 11.2 Å². The Morgan fingerprint density at radius 1 is 1.15 bits per heavy atom. The van der Waals surface area contributed by atoms with E-state index in [-0.39, 0.29) is 12.0 Å². The third-order valence-electron chi connectivity index (χ3n) is 2.52. The van der Waals surface area contributed by atoms with Crippen molar-refractivity contribution < 1.29 is 5.11 Å². The van der Waals surface area contributed by atoms with E-state index in [2.05, 4.69) is 26.0 Å². The lowest BCUT2D eigenvalue weighted by molar-refractivity contribution is 0.157. The maximum absolute atomic E-state index is 9.26. The van der Waals surface area contributed by atoms with Crippen molar-refractivity contribution >= 4 is 0 Å². The Labute approximate surface area is 82.9 Å². The lowest BCUT2D eigenvalue weighted by atomic mass is 9.99. The van der Waals surface area contributed by atoms with Crippen molar-refractivity contribution in [2.75, 3.05) is 0 Å². The number of hydrogen-bond acceptors (Lipinski definition) is 1. The van der Waals surface area contributed by atoms with Gasteiger partial charge in [-0.25, -0.2) is 0 Å². The molecule has 0 amide bonds. The van der Waals surface area contributed by atoms with Crippen LogP contribution < -0.4 is 0 Å². The zero-order chi connectivity index (χ0) is 10.3. The van der Waals surface area contributed by atoms with Gasteiger partial charge in [0.2, 0.25) is 0 Å². The summed E-state index contributed by atoms with van der Waals surface area (Å²) in [6.07, 6.45) is 7.96. The van der Waals surface area contributed by atoms with Crippen molar-refractivity contribution in [3.63, 3.8) is 0 Å². The summed E-state index contributed by atoms with van der Waals surface area (Å²) >= 11 is 0. The van der Waals surface area contributed by atoms with Crippen LogP contribution in [-0.2, 0) is 0 Å². The van der Waals surface area contributed by atoms with Crippen LogP contribution in [0.1, 0.15) is 47.0 Å². The Kier molecular flexibility index (Phi) is 6.97. The molecule has 0 aromatic carbocycles. The number of hydrogen-bond donors (Lipinski definition) is 1. The minimum absolute atomic E-state index is 0.227. The minimum atomic E-state index is -0.227. The molecule has 1 nitrogen and oxygen atoms in total. The Bertz CT molecular complexity index is 138. The van der Waals surface area contributed by atoms with Crippen molar-refractivity contribution in [1.29, 1.82) is 0 Å². The summed E-state index contributed by atoms with van der Waals surface area (Å²) in [5, 5.41) is 9.26. The summed E-state index contributed by atoms with van der Waals surface area (Å²) in [6.45, 7) is 8.34. The highest BCUT2D eigenvalue weighted by Gasteiger charge is 2.04. The third-order valence-corrected chi connectivity index (χ3v) is 2.52. The second kappa shape index (κ2) is 7.14. The lowest BCUT2D eigenvalue weighted by Gasteiger charge is -2.10. The van der Waals surface area contributed by atoms with Crippen molar-refractivity contribution in [1.82, 2.24) is 0 Å². The van der Waals surface area contributed by atoms with Crippen molar-refractivity contribution in [3.8, 4) is 0 Å². The standard InChI is InChI=1S/C12H24O/c1-5-6-7-10(2)8-9-11(3)12(4)13/h8-13H,5-7H2,1-4H3/b9-8-/t10-,11-,12-/m1/s1. The summed E-state index contributed by atoms with van der Waals surface area (Å²) in [5.74, 6) is 0.935. The van der Waals surface area contributed by atoms with Crippen molar-refractivity contribution in [2.45, 2.75) is 53.1 Å². The van der Waals surface area contributed by atoms with E-state index in [4.69, 9.17) is 0 Å². The first kappa shape index (κ1) is 12.7. The molecule has 0 fully saturated rings. The molecule has 0 bridgehead atoms. The van der Waals surface area contributed by atoms with Crippen LogP contribution in [0.5, 0.6) is 0 Å². The summed E-state index contributed by atoms with van der Waals surface area (Å²) in [4.78, 5) is 0. The SMILES string of the molecule is CCCC[C@@H](C)/C=C\[C@@H](C)[C@@H](C)O. The lowest BCUT2D eigenvalue weighted by Crippen LogP contribution is -2.10. The zero-order valence-electron chi connectivity index (χ0n) is 9.46. The Morgan fingerprint density at radius 2 is 1.77 bits per heavy atom. The van der Waals surface area contributed by atoms with E-state index in [0.717, 1.165) is 0 Å². The van der Waals surface area contributed by atoms with Gasteiger partial charge < -0.3 is 5.11 Å². The van der Waals surface area contributed by atoms with Crippen molar-refractivity contribution in [2.24, 2.45) is 11.8 Å². The maximum atomic E-state index is 9.26. The number of allylic oxidation sites excluding steroid dienone is 1. The van der Waals surface area contributed by atoms with Crippen LogP contribution >= 0.6 is 0 Å². The van der Waals surface area contributed by atoms with E-state index in [1.165, 1.54) is 19.3 Å². The zero-order valence-corrected chi connectivity index (χ0v) is 9.46. The maximum Gasteiger partial charge on any atom is 0.0572 e.